The molecule has 4 aromatic heterocycles. The van der Waals surface area contributed by atoms with Crippen LogP contribution in [0.5, 0.6) is 0 Å². The third-order valence-corrected chi connectivity index (χ3v) is 6.11. The molecule has 0 bridgehead atoms. The number of halogens is 1. The maximum Gasteiger partial charge on any atom is 0.123 e. The van der Waals surface area contributed by atoms with E-state index >= 15 is 0 Å². The molecular weight excluding hydrogens is 439 g/mol. The second kappa shape index (κ2) is 8.45. The van der Waals surface area contributed by atoms with Crippen molar-refractivity contribution in [2.75, 3.05) is 14.1 Å². The van der Waals surface area contributed by atoms with Crippen LogP contribution in [0.3, 0.4) is 0 Å². The molecule has 6 rings (SSSR count). The van der Waals surface area contributed by atoms with Crippen molar-refractivity contribution in [1.29, 1.82) is 0 Å². The molecule has 0 saturated heterocycles. The van der Waals surface area contributed by atoms with Crippen molar-refractivity contribution in [3.8, 4) is 33.8 Å². The number of hydrogen-bond acceptors (Lipinski definition) is 4. The number of benzene rings is 2. The molecule has 4 heterocycles. The van der Waals surface area contributed by atoms with E-state index in [1.54, 1.807) is 12.1 Å². The molecule has 0 amide bonds. The van der Waals surface area contributed by atoms with Crippen LogP contribution in [0.25, 0.3) is 55.6 Å². The third-order valence-electron chi connectivity index (χ3n) is 6.11. The number of fused-ring (bicyclic) bond motifs is 2. The van der Waals surface area contributed by atoms with Gasteiger partial charge in [-0.3, -0.25) is 15.1 Å². The molecule has 35 heavy (non-hydrogen) atoms. The Morgan fingerprint density at radius 1 is 0.857 bits per heavy atom. The number of aromatic amines is 2. The van der Waals surface area contributed by atoms with E-state index in [0.717, 1.165) is 67.7 Å². The number of aromatic nitrogens is 5. The van der Waals surface area contributed by atoms with Gasteiger partial charge in [0.2, 0.25) is 0 Å². The first-order chi connectivity index (χ1) is 17.0. The molecule has 172 valence electrons. The van der Waals surface area contributed by atoms with Crippen molar-refractivity contribution in [1.82, 2.24) is 30.0 Å². The highest BCUT2D eigenvalue weighted by atomic mass is 19.1. The summed E-state index contributed by atoms with van der Waals surface area (Å²) in [6, 6.07) is 18.9. The van der Waals surface area contributed by atoms with Crippen LogP contribution in [0, 0.1) is 5.82 Å². The molecule has 2 N–H and O–H groups in total. The number of rotatable bonds is 5. The maximum absolute atomic E-state index is 13.5. The molecule has 0 spiro atoms. The molecule has 0 saturated carbocycles. The minimum absolute atomic E-state index is 0.245. The molecule has 0 atom stereocenters. The van der Waals surface area contributed by atoms with Crippen LogP contribution < -0.4 is 0 Å². The molecule has 0 radical (unpaired) electrons. The Balaban J connectivity index is 1.44. The van der Waals surface area contributed by atoms with E-state index in [1.807, 2.05) is 50.9 Å². The number of H-pyrrole nitrogens is 2. The smallest absolute Gasteiger partial charge is 0.123 e. The first-order valence-electron chi connectivity index (χ1n) is 11.4. The zero-order valence-corrected chi connectivity index (χ0v) is 19.4. The number of nitrogens with one attached hydrogen (secondary N) is 2. The van der Waals surface area contributed by atoms with Crippen LogP contribution in [-0.2, 0) is 6.54 Å². The molecule has 2 aromatic carbocycles. The summed E-state index contributed by atoms with van der Waals surface area (Å²) in [5.41, 5.74) is 8.52. The van der Waals surface area contributed by atoms with E-state index in [4.69, 9.17) is 0 Å². The van der Waals surface area contributed by atoms with Crippen molar-refractivity contribution in [3.63, 3.8) is 0 Å². The van der Waals surface area contributed by atoms with Gasteiger partial charge < -0.3 is 9.88 Å². The molecule has 0 aliphatic heterocycles. The molecule has 7 heteroatoms. The Hall–Kier alpha value is -4.36. The fraction of sp³-hybridized carbons (Fsp3) is 0.107. The minimum atomic E-state index is -0.245. The van der Waals surface area contributed by atoms with Crippen LogP contribution >= 0.6 is 0 Å². The second-order valence-corrected chi connectivity index (χ2v) is 8.96. The lowest BCUT2D eigenvalue weighted by Crippen LogP contribution is -2.10. The zero-order valence-electron chi connectivity index (χ0n) is 19.4. The summed E-state index contributed by atoms with van der Waals surface area (Å²) in [7, 11) is 4.08. The van der Waals surface area contributed by atoms with Gasteiger partial charge in [-0.15, -0.1) is 0 Å². The van der Waals surface area contributed by atoms with Gasteiger partial charge in [-0.2, -0.15) is 5.10 Å². The Morgan fingerprint density at radius 2 is 1.71 bits per heavy atom. The van der Waals surface area contributed by atoms with E-state index in [1.165, 1.54) is 12.1 Å². The summed E-state index contributed by atoms with van der Waals surface area (Å²) in [5, 5.41) is 9.73. The Bertz CT molecular complexity index is 1660. The van der Waals surface area contributed by atoms with Gasteiger partial charge in [-0.1, -0.05) is 24.3 Å². The molecule has 0 fully saturated rings. The predicted molar refractivity (Wildman–Crippen MR) is 137 cm³/mol. The van der Waals surface area contributed by atoms with Crippen LogP contribution in [0.4, 0.5) is 4.39 Å². The van der Waals surface area contributed by atoms with Gasteiger partial charge in [0, 0.05) is 40.8 Å². The summed E-state index contributed by atoms with van der Waals surface area (Å²) in [6.45, 7) is 0.811. The van der Waals surface area contributed by atoms with Gasteiger partial charge in [-0.25, -0.2) is 4.39 Å². The van der Waals surface area contributed by atoms with Gasteiger partial charge in [0.05, 0.1) is 23.1 Å². The molecule has 6 aromatic rings. The lowest BCUT2D eigenvalue weighted by Gasteiger charge is -2.10. The van der Waals surface area contributed by atoms with E-state index < -0.39 is 0 Å². The normalized spacial score (nSPS) is 11.7. The monoisotopic (exact) mass is 462 g/mol. The average molecular weight is 463 g/mol. The summed E-state index contributed by atoms with van der Waals surface area (Å²) >= 11 is 0. The standard InChI is InChI=1S/C28H23FN6/c1-35(2)16-17-10-19(14-30-13-17)25-12-23-27(15-31-25)33-34-28(23)26-11-22-21(4-3-5-24(22)32-26)18-6-8-20(29)9-7-18/h3-15,32H,16H2,1-2H3,(H,33,34). The van der Waals surface area contributed by atoms with Crippen molar-refractivity contribution in [2.24, 2.45) is 0 Å². The van der Waals surface area contributed by atoms with Crippen LogP contribution in [0.15, 0.2) is 79.3 Å². The molecule has 0 unspecified atom stereocenters. The average Bonchev–Trinajstić information content (AvgIpc) is 3.48. The quantitative estimate of drug-likeness (QED) is 0.328. The highest BCUT2D eigenvalue weighted by Gasteiger charge is 2.15. The number of nitrogens with zero attached hydrogens (tertiary/aromatic N) is 4. The van der Waals surface area contributed by atoms with Crippen LogP contribution in [0.1, 0.15) is 5.56 Å². The number of hydrogen-bond donors (Lipinski definition) is 2. The van der Waals surface area contributed by atoms with Gasteiger partial charge in [0.15, 0.2) is 0 Å². The molecule has 0 aliphatic rings. The predicted octanol–water partition coefficient (Wildman–Crippen LogP) is 6.04. The lowest BCUT2D eigenvalue weighted by molar-refractivity contribution is 0.402. The van der Waals surface area contributed by atoms with Gasteiger partial charge in [0.25, 0.3) is 0 Å². The Kier molecular flexibility index (Phi) is 5.12. The Morgan fingerprint density at radius 3 is 2.54 bits per heavy atom. The fourth-order valence-electron chi connectivity index (χ4n) is 4.52. The van der Waals surface area contributed by atoms with Gasteiger partial charge >= 0.3 is 0 Å². The van der Waals surface area contributed by atoms with Gasteiger partial charge in [-0.05, 0) is 67.2 Å². The summed E-state index contributed by atoms with van der Waals surface area (Å²) < 4.78 is 13.5. The summed E-state index contributed by atoms with van der Waals surface area (Å²) in [5.74, 6) is -0.245. The van der Waals surface area contributed by atoms with E-state index in [9.17, 15) is 4.39 Å². The summed E-state index contributed by atoms with van der Waals surface area (Å²) in [4.78, 5) is 14.7. The minimum Gasteiger partial charge on any atom is -0.353 e. The van der Waals surface area contributed by atoms with E-state index in [0.29, 0.717) is 0 Å². The van der Waals surface area contributed by atoms with Crippen molar-refractivity contribution in [2.45, 2.75) is 6.54 Å². The second-order valence-electron chi connectivity index (χ2n) is 8.96. The largest absolute Gasteiger partial charge is 0.353 e. The number of pyridine rings is 2. The van der Waals surface area contributed by atoms with Gasteiger partial charge in [0.1, 0.15) is 11.5 Å². The highest BCUT2D eigenvalue weighted by Crippen LogP contribution is 2.34. The van der Waals surface area contributed by atoms with Crippen molar-refractivity contribution in [3.05, 3.63) is 90.6 Å². The van der Waals surface area contributed by atoms with E-state index in [-0.39, 0.29) is 5.82 Å². The molecule has 6 nitrogen and oxygen atoms in total. The molecule has 0 aliphatic carbocycles. The highest BCUT2D eigenvalue weighted by molar-refractivity contribution is 6.01. The summed E-state index contributed by atoms with van der Waals surface area (Å²) in [6.07, 6.45) is 5.53. The fourth-order valence-corrected chi connectivity index (χ4v) is 4.52. The SMILES string of the molecule is CN(C)Cc1cncc(-c2cc3c(-c4cc5c(-c6ccc(F)cc6)cccc5[nH]4)n[nH]c3cn2)c1. The maximum atomic E-state index is 13.5. The third kappa shape index (κ3) is 3.96. The first-order valence-corrected chi connectivity index (χ1v) is 11.4. The van der Waals surface area contributed by atoms with Crippen molar-refractivity contribution < 1.29 is 4.39 Å². The van der Waals surface area contributed by atoms with Crippen molar-refractivity contribution >= 4 is 21.8 Å². The Labute approximate surface area is 201 Å². The van der Waals surface area contributed by atoms with Crippen LogP contribution in [-0.4, -0.2) is 44.1 Å². The first kappa shape index (κ1) is 21.2. The topological polar surface area (TPSA) is 73.5 Å². The molecular formula is C28H23FN6. The van der Waals surface area contributed by atoms with Crippen LogP contribution in [0.2, 0.25) is 0 Å². The van der Waals surface area contributed by atoms with E-state index in [2.05, 4.69) is 48.2 Å². The zero-order chi connectivity index (χ0) is 23.9. The lowest BCUT2D eigenvalue weighted by atomic mass is 10.0.